The number of nitrogens with zero attached hydrogens (tertiary/aromatic N) is 6. The van der Waals surface area contributed by atoms with Gasteiger partial charge in [-0.1, -0.05) is 51.0 Å². The molecule has 1 amide bonds. The minimum absolute atomic E-state index is 0.0333. The zero-order valence-corrected chi connectivity index (χ0v) is 21.6. The van der Waals surface area contributed by atoms with Crippen LogP contribution in [0.3, 0.4) is 0 Å². The molecule has 8 heteroatoms. The lowest BCUT2D eigenvalue weighted by Gasteiger charge is -2.24. The highest BCUT2D eigenvalue weighted by Crippen LogP contribution is 2.27. The molecule has 1 aliphatic heterocycles. The van der Waals surface area contributed by atoms with Crippen LogP contribution < -0.4 is 10.2 Å². The molecular weight excluding hydrogens is 474 g/mol. The Morgan fingerprint density at radius 1 is 0.974 bits per heavy atom. The van der Waals surface area contributed by atoms with Crippen LogP contribution in [0.2, 0.25) is 0 Å². The first-order valence-electron chi connectivity index (χ1n) is 12.5. The van der Waals surface area contributed by atoms with Gasteiger partial charge in [0.25, 0.3) is 5.70 Å². The average molecular weight is 504 g/mol. The minimum atomic E-state index is -0.520. The number of anilines is 1. The van der Waals surface area contributed by atoms with Crippen molar-refractivity contribution in [3.8, 4) is 6.07 Å². The molecular formula is C30H29N7O. The van der Waals surface area contributed by atoms with Gasteiger partial charge >= 0.3 is 0 Å². The predicted molar refractivity (Wildman–Crippen MR) is 149 cm³/mol. The molecule has 0 atom stereocenters. The van der Waals surface area contributed by atoms with E-state index >= 15 is 0 Å². The van der Waals surface area contributed by atoms with E-state index in [0.29, 0.717) is 5.69 Å². The molecule has 0 bridgehead atoms. The summed E-state index contributed by atoms with van der Waals surface area (Å²) in [6.45, 7) is 21.0. The van der Waals surface area contributed by atoms with Crippen molar-refractivity contribution in [3.63, 3.8) is 0 Å². The van der Waals surface area contributed by atoms with Crippen LogP contribution in [0.5, 0.6) is 0 Å². The summed E-state index contributed by atoms with van der Waals surface area (Å²) in [4.78, 5) is 21.2. The summed E-state index contributed by atoms with van der Waals surface area (Å²) >= 11 is 0. The number of rotatable bonds is 11. The third-order valence-electron chi connectivity index (χ3n) is 5.94. The lowest BCUT2D eigenvalue weighted by molar-refractivity contribution is -0.115. The van der Waals surface area contributed by atoms with Gasteiger partial charge in [-0.3, -0.25) is 4.79 Å². The fourth-order valence-corrected chi connectivity index (χ4v) is 3.81. The molecule has 3 rings (SSSR count). The molecule has 0 unspecified atom stereocenters. The Labute approximate surface area is 223 Å². The van der Waals surface area contributed by atoms with Crippen molar-refractivity contribution in [2.75, 3.05) is 18.0 Å². The Hall–Kier alpha value is -5.00. The Morgan fingerprint density at radius 2 is 1.55 bits per heavy atom. The second kappa shape index (κ2) is 13.9. The Bertz CT molecular complexity index is 1370. The highest BCUT2D eigenvalue weighted by molar-refractivity contribution is 6.04. The predicted octanol–water partition coefficient (Wildman–Crippen LogP) is 7.48. The van der Waals surface area contributed by atoms with Gasteiger partial charge in [0.15, 0.2) is 0 Å². The molecule has 0 saturated carbocycles. The number of carbonyl (C=O) groups excluding carboxylic acids is 1. The van der Waals surface area contributed by atoms with Crippen molar-refractivity contribution in [2.45, 2.75) is 39.5 Å². The average Bonchev–Trinajstić information content (AvgIpc) is 3.27. The maximum absolute atomic E-state index is 12.3. The number of hydrogen-bond donors (Lipinski definition) is 1. The van der Waals surface area contributed by atoms with Crippen molar-refractivity contribution in [3.05, 3.63) is 106 Å². The number of carbonyl (C=O) groups is 1. The maximum atomic E-state index is 12.3. The number of amides is 1. The quantitative estimate of drug-likeness (QED) is 0.196. The second-order valence-electron chi connectivity index (χ2n) is 8.61. The fourth-order valence-electron chi connectivity index (χ4n) is 3.81. The number of benzene rings is 2. The smallest absolute Gasteiger partial charge is 0.274 e. The summed E-state index contributed by atoms with van der Waals surface area (Å²) in [6.07, 6.45) is 7.88. The molecule has 1 aliphatic rings. The van der Waals surface area contributed by atoms with Gasteiger partial charge in [-0.05, 0) is 54.8 Å². The van der Waals surface area contributed by atoms with Crippen molar-refractivity contribution in [1.29, 1.82) is 5.26 Å². The molecule has 1 N–H and O–H groups in total. The number of azo groups is 1. The maximum Gasteiger partial charge on any atom is 0.274 e. The van der Waals surface area contributed by atoms with Gasteiger partial charge in [-0.15, -0.1) is 0 Å². The van der Waals surface area contributed by atoms with Crippen molar-refractivity contribution >= 4 is 29.0 Å². The Balaban J connectivity index is 1.69. The highest BCUT2D eigenvalue weighted by Gasteiger charge is 2.28. The zero-order valence-electron chi connectivity index (χ0n) is 21.6. The Kier molecular flexibility index (Phi) is 10.1. The molecule has 0 saturated heterocycles. The van der Waals surface area contributed by atoms with E-state index in [1.54, 1.807) is 12.1 Å². The molecule has 2 aromatic rings. The molecule has 0 aromatic heterocycles. The topological polar surface area (TPSA) is 89.6 Å². The molecule has 1 heterocycles. The summed E-state index contributed by atoms with van der Waals surface area (Å²) in [6, 6.07) is 17.1. The number of hydrogen-bond acceptors (Lipinski definition) is 5. The Morgan fingerprint density at radius 3 is 2.05 bits per heavy atom. The van der Waals surface area contributed by atoms with Crippen LogP contribution in [0.4, 0.5) is 17.1 Å². The number of unbranched alkanes of at least 4 members (excludes halogenated alkanes) is 2. The standard InChI is InChI=1S/C30H29N7O/c1-5-7-19-37(20-8-6-2)25-16-14-24(15-17-25)36-35-23-12-9-22(10-13-23)11-18-26-28(33-4)29(34-30(26)38)27(21-31)32-3/h9-18H,5-8,19-20H2,1-2H3,(H,34,38)/b18-11+,29-27+,36-35?. The zero-order chi connectivity index (χ0) is 27.3. The van der Waals surface area contributed by atoms with Gasteiger partial charge in [0.1, 0.15) is 0 Å². The van der Waals surface area contributed by atoms with E-state index in [1.165, 1.54) is 37.4 Å². The molecule has 2 aromatic carbocycles. The normalized spacial score (nSPS) is 14.3. The molecule has 0 fully saturated rings. The van der Waals surface area contributed by atoms with E-state index in [4.69, 9.17) is 18.4 Å². The summed E-state index contributed by atoms with van der Waals surface area (Å²) < 4.78 is 0. The summed E-state index contributed by atoms with van der Waals surface area (Å²) in [7, 11) is 0. The van der Waals surface area contributed by atoms with Gasteiger partial charge < -0.3 is 10.2 Å². The van der Waals surface area contributed by atoms with E-state index in [-0.39, 0.29) is 22.7 Å². The third-order valence-corrected chi connectivity index (χ3v) is 5.94. The van der Waals surface area contributed by atoms with Crippen LogP contribution >= 0.6 is 0 Å². The molecule has 0 spiro atoms. The lowest BCUT2D eigenvalue weighted by Crippen LogP contribution is -2.25. The summed E-state index contributed by atoms with van der Waals surface area (Å²) in [5, 5.41) is 20.2. The van der Waals surface area contributed by atoms with Gasteiger partial charge in [0.05, 0.1) is 36.3 Å². The number of allylic oxidation sites excluding steroid dienone is 1. The monoisotopic (exact) mass is 503 g/mol. The van der Waals surface area contributed by atoms with Crippen molar-refractivity contribution < 1.29 is 4.79 Å². The van der Waals surface area contributed by atoms with Crippen LogP contribution in [0.1, 0.15) is 45.1 Å². The van der Waals surface area contributed by atoms with Gasteiger partial charge in [0.2, 0.25) is 11.6 Å². The van der Waals surface area contributed by atoms with Crippen molar-refractivity contribution in [1.82, 2.24) is 5.32 Å². The first kappa shape index (κ1) is 27.6. The van der Waals surface area contributed by atoms with E-state index in [0.717, 1.165) is 24.3 Å². The molecule has 8 nitrogen and oxygen atoms in total. The summed E-state index contributed by atoms with van der Waals surface area (Å²) in [5.74, 6) is -0.520. The largest absolute Gasteiger partial charge is 0.372 e. The third kappa shape index (κ3) is 7.03. The van der Waals surface area contributed by atoms with Crippen molar-refractivity contribution in [2.24, 2.45) is 10.2 Å². The van der Waals surface area contributed by atoms with Gasteiger partial charge in [0, 0.05) is 24.4 Å². The fraction of sp³-hybridized carbons (Fsp3) is 0.267. The van der Waals surface area contributed by atoms with Crippen LogP contribution in [-0.4, -0.2) is 19.0 Å². The number of nitrogens with one attached hydrogen (secondary N) is 1. The van der Waals surface area contributed by atoms with Crippen LogP contribution in [0.15, 0.2) is 87.5 Å². The second-order valence-corrected chi connectivity index (χ2v) is 8.61. The molecule has 190 valence electrons. The minimum Gasteiger partial charge on any atom is -0.372 e. The van der Waals surface area contributed by atoms with E-state index in [1.807, 2.05) is 36.4 Å². The van der Waals surface area contributed by atoms with Crippen LogP contribution in [0.25, 0.3) is 15.8 Å². The first-order valence-corrected chi connectivity index (χ1v) is 12.5. The van der Waals surface area contributed by atoms with Gasteiger partial charge in [-0.25, -0.2) is 15.0 Å². The van der Waals surface area contributed by atoms with Crippen LogP contribution in [-0.2, 0) is 4.79 Å². The van der Waals surface area contributed by atoms with E-state index < -0.39 is 5.91 Å². The highest BCUT2D eigenvalue weighted by atomic mass is 16.2. The molecule has 0 aliphatic carbocycles. The van der Waals surface area contributed by atoms with E-state index in [2.05, 4.69) is 56.1 Å². The first-order chi connectivity index (χ1) is 18.5. The number of nitriles is 1. The van der Waals surface area contributed by atoms with E-state index in [9.17, 15) is 4.79 Å². The SMILES string of the molecule is [C-]#[N+]C1=C(/C=C/c2ccc(N=Nc3ccc(N(CCCC)CCCC)cc3)cc2)C(=O)N/C1=C(\C#N)[N+]#[C-]. The molecule has 0 radical (unpaired) electrons. The lowest BCUT2D eigenvalue weighted by atomic mass is 10.1. The summed E-state index contributed by atoms with van der Waals surface area (Å²) in [5.41, 5.74) is 3.17. The van der Waals surface area contributed by atoms with Gasteiger partial charge in [-0.2, -0.15) is 10.2 Å². The van der Waals surface area contributed by atoms with Crippen LogP contribution in [0, 0.1) is 24.5 Å². The molecule has 38 heavy (non-hydrogen) atoms.